The molecule has 1 N–H and O–H groups in total. The van der Waals surface area contributed by atoms with Crippen LogP contribution in [-0.4, -0.2) is 11.1 Å². The Kier molecular flexibility index (Phi) is 5.22. The molecule has 3 aromatic carbocycles. The Labute approximate surface area is 174 Å². The first-order valence-corrected chi connectivity index (χ1v) is 9.78. The smallest absolute Gasteiger partial charge is 0.416 e. The molecule has 1 aromatic heterocycles. The van der Waals surface area contributed by atoms with Crippen molar-refractivity contribution in [3.8, 4) is 16.9 Å². The lowest BCUT2D eigenvalue weighted by atomic mass is 10.0. The molecule has 7 heteroatoms. The molecule has 0 saturated carbocycles. The Balaban J connectivity index is 1.61. The highest BCUT2D eigenvalue weighted by atomic mass is 32.1. The third-order valence-corrected chi connectivity index (χ3v) is 5.72. The van der Waals surface area contributed by atoms with Crippen LogP contribution < -0.4 is 4.74 Å². The number of hydrogen-bond acceptors (Lipinski definition) is 3. The Hall–Kier alpha value is -3.32. The van der Waals surface area contributed by atoms with Gasteiger partial charge in [-0.1, -0.05) is 36.4 Å². The van der Waals surface area contributed by atoms with Gasteiger partial charge in [0.15, 0.2) is 0 Å². The third-order valence-electron chi connectivity index (χ3n) is 4.56. The molecule has 0 radical (unpaired) electrons. The quantitative estimate of drug-likeness (QED) is 0.378. The van der Waals surface area contributed by atoms with Crippen molar-refractivity contribution in [3.63, 3.8) is 0 Å². The van der Waals surface area contributed by atoms with Crippen molar-refractivity contribution in [1.82, 2.24) is 0 Å². The fraction of sp³-hybridized carbons (Fsp3) is 0.0870. The van der Waals surface area contributed by atoms with Gasteiger partial charge in [0, 0.05) is 9.58 Å². The van der Waals surface area contributed by atoms with Crippen LogP contribution in [0.25, 0.3) is 21.2 Å². The Morgan fingerprint density at radius 2 is 1.73 bits per heavy atom. The van der Waals surface area contributed by atoms with Crippen LogP contribution in [0.1, 0.15) is 20.8 Å². The fourth-order valence-corrected chi connectivity index (χ4v) is 4.26. The van der Waals surface area contributed by atoms with Crippen LogP contribution in [0, 0.1) is 0 Å². The molecule has 1 heterocycles. The van der Waals surface area contributed by atoms with Crippen molar-refractivity contribution < 1.29 is 27.8 Å². The molecular weight excluding hydrogens is 413 g/mol. The largest absolute Gasteiger partial charge is 0.488 e. The van der Waals surface area contributed by atoms with E-state index in [4.69, 9.17) is 4.74 Å². The van der Waals surface area contributed by atoms with E-state index in [0.29, 0.717) is 0 Å². The maximum absolute atomic E-state index is 12.9. The van der Waals surface area contributed by atoms with E-state index < -0.39 is 17.7 Å². The number of benzene rings is 3. The number of ether oxygens (including phenoxy) is 1. The normalized spacial score (nSPS) is 11.6. The number of rotatable bonds is 5. The molecule has 0 bridgehead atoms. The second kappa shape index (κ2) is 7.84. The predicted molar refractivity (Wildman–Crippen MR) is 110 cm³/mol. The Bertz CT molecular complexity index is 1230. The van der Waals surface area contributed by atoms with Gasteiger partial charge in [-0.2, -0.15) is 13.2 Å². The number of carboxylic acids is 1. The first-order chi connectivity index (χ1) is 14.3. The number of thiophene rings is 1. The van der Waals surface area contributed by atoms with Gasteiger partial charge in [-0.25, -0.2) is 4.79 Å². The number of carboxylic acid groups (broad SMARTS) is 1. The number of alkyl halides is 3. The average Bonchev–Trinajstić information content (AvgIpc) is 3.15. The summed E-state index contributed by atoms with van der Waals surface area (Å²) in [6.07, 6.45) is -4.42. The summed E-state index contributed by atoms with van der Waals surface area (Å²) < 4.78 is 45.1. The van der Waals surface area contributed by atoms with E-state index in [1.165, 1.54) is 29.5 Å². The lowest BCUT2D eigenvalue weighted by Crippen LogP contribution is -2.05. The van der Waals surface area contributed by atoms with Crippen LogP contribution in [-0.2, 0) is 12.8 Å². The number of halogens is 3. The van der Waals surface area contributed by atoms with Crippen molar-refractivity contribution >= 4 is 27.4 Å². The van der Waals surface area contributed by atoms with Crippen LogP contribution in [0.15, 0.2) is 72.8 Å². The zero-order chi connectivity index (χ0) is 21.3. The van der Waals surface area contributed by atoms with Crippen LogP contribution >= 0.6 is 11.3 Å². The zero-order valence-electron chi connectivity index (χ0n) is 15.4. The number of hydrogen-bond donors (Lipinski definition) is 1. The molecule has 0 amide bonds. The topological polar surface area (TPSA) is 46.5 Å². The van der Waals surface area contributed by atoms with Crippen LogP contribution in [0.3, 0.4) is 0 Å². The van der Waals surface area contributed by atoms with Crippen LogP contribution in [0.4, 0.5) is 13.2 Å². The summed E-state index contributed by atoms with van der Waals surface area (Å²) in [6, 6.07) is 19.2. The minimum Gasteiger partial charge on any atom is -0.488 e. The highest BCUT2D eigenvalue weighted by Gasteiger charge is 2.30. The summed E-state index contributed by atoms with van der Waals surface area (Å²) in [7, 11) is 0. The number of fused-ring (bicyclic) bond motifs is 1. The molecule has 0 fully saturated rings. The summed E-state index contributed by atoms with van der Waals surface area (Å²) >= 11 is 1.47. The molecule has 152 valence electrons. The standard InChI is InChI=1S/C23H15F3O3S/c24-23(25,26)17-7-3-8-18(12-17)29-13-19-11-15-5-2-9-20(21(15)30-19)14-4-1-6-16(10-14)22(27)28/h1-12H,13H2,(H,27,28). The summed E-state index contributed by atoms with van der Waals surface area (Å²) in [5.74, 6) is -0.845. The fourth-order valence-electron chi connectivity index (χ4n) is 3.15. The van der Waals surface area contributed by atoms with Crippen molar-refractivity contribution in [2.45, 2.75) is 12.8 Å². The van der Waals surface area contributed by atoms with Gasteiger partial charge >= 0.3 is 12.1 Å². The van der Waals surface area contributed by atoms with E-state index in [1.807, 2.05) is 30.3 Å². The predicted octanol–water partition coefficient (Wildman–Crippen LogP) is 6.86. The highest BCUT2D eigenvalue weighted by Crippen LogP contribution is 2.36. The van der Waals surface area contributed by atoms with E-state index in [1.54, 1.807) is 12.1 Å². The average molecular weight is 428 g/mol. The molecule has 4 aromatic rings. The van der Waals surface area contributed by atoms with Crippen molar-refractivity contribution in [3.05, 3.63) is 88.8 Å². The van der Waals surface area contributed by atoms with Crippen molar-refractivity contribution in [2.75, 3.05) is 0 Å². The van der Waals surface area contributed by atoms with E-state index in [0.717, 1.165) is 38.2 Å². The lowest BCUT2D eigenvalue weighted by Gasteiger charge is -2.09. The van der Waals surface area contributed by atoms with Gasteiger partial charge in [-0.15, -0.1) is 11.3 Å². The molecule has 0 aliphatic heterocycles. The van der Waals surface area contributed by atoms with Gasteiger partial charge in [-0.05, 0) is 52.9 Å². The van der Waals surface area contributed by atoms with Gasteiger partial charge in [0.2, 0.25) is 0 Å². The maximum Gasteiger partial charge on any atom is 0.416 e. The molecule has 0 unspecified atom stereocenters. The van der Waals surface area contributed by atoms with Gasteiger partial charge in [0.25, 0.3) is 0 Å². The molecule has 0 aliphatic rings. The molecule has 30 heavy (non-hydrogen) atoms. The van der Waals surface area contributed by atoms with Gasteiger partial charge in [0.05, 0.1) is 11.1 Å². The van der Waals surface area contributed by atoms with Crippen molar-refractivity contribution in [1.29, 1.82) is 0 Å². The Morgan fingerprint density at radius 3 is 2.50 bits per heavy atom. The van der Waals surface area contributed by atoms with Gasteiger partial charge in [-0.3, -0.25) is 0 Å². The minimum absolute atomic E-state index is 0.134. The van der Waals surface area contributed by atoms with Crippen LogP contribution in [0.2, 0.25) is 0 Å². The molecule has 3 nitrogen and oxygen atoms in total. The third kappa shape index (κ3) is 4.16. The number of aromatic carboxylic acids is 1. The second-order valence-corrected chi connectivity index (χ2v) is 7.77. The highest BCUT2D eigenvalue weighted by molar-refractivity contribution is 7.19. The van der Waals surface area contributed by atoms with E-state index in [2.05, 4.69) is 0 Å². The van der Waals surface area contributed by atoms with Crippen molar-refractivity contribution in [2.24, 2.45) is 0 Å². The molecule has 0 spiro atoms. The molecule has 0 atom stereocenters. The molecule has 0 saturated heterocycles. The first-order valence-electron chi connectivity index (χ1n) is 8.96. The van der Waals surface area contributed by atoms with E-state index >= 15 is 0 Å². The summed E-state index contributed by atoms with van der Waals surface area (Å²) in [5.41, 5.74) is 1.13. The second-order valence-electron chi connectivity index (χ2n) is 6.64. The minimum atomic E-state index is -4.42. The Morgan fingerprint density at radius 1 is 0.967 bits per heavy atom. The van der Waals surface area contributed by atoms with E-state index in [-0.39, 0.29) is 17.9 Å². The molecule has 4 rings (SSSR count). The zero-order valence-corrected chi connectivity index (χ0v) is 16.3. The molecular formula is C23H15F3O3S. The van der Waals surface area contributed by atoms with E-state index in [9.17, 15) is 23.1 Å². The first kappa shape index (κ1) is 20.0. The van der Waals surface area contributed by atoms with Gasteiger partial charge < -0.3 is 9.84 Å². The van der Waals surface area contributed by atoms with Gasteiger partial charge in [0.1, 0.15) is 12.4 Å². The number of carbonyl (C=O) groups is 1. The SMILES string of the molecule is O=C(O)c1cccc(-c2cccc3cc(COc4cccc(C(F)(F)F)c4)sc23)c1. The summed E-state index contributed by atoms with van der Waals surface area (Å²) in [6.45, 7) is 0.134. The summed E-state index contributed by atoms with van der Waals surface area (Å²) in [5, 5.41) is 10.2. The molecule has 0 aliphatic carbocycles. The monoisotopic (exact) mass is 428 g/mol. The summed E-state index contributed by atoms with van der Waals surface area (Å²) in [4.78, 5) is 12.1. The van der Waals surface area contributed by atoms with Crippen LogP contribution in [0.5, 0.6) is 5.75 Å². The lowest BCUT2D eigenvalue weighted by molar-refractivity contribution is -0.137. The maximum atomic E-state index is 12.9.